The van der Waals surface area contributed by atoms with Gasteiger partial charge in [0.15, 0.2) is 0 Å². The number of ether oxygens (including phenoxy) is 1. The number of hydrogen-bond donors (Lipinski definition) is 0. The number of rotatable bonds is 6. The summed E-state index contributed by atoms with van der Waals surface area (Å²) >= 11 is 1.57. The molecule has 1 rings (SSSR count). The summed E-state index contributed by atoms with van der Waals surface area (Å²) in [5.41, 5.74) is 1.02. The van der Waals surface area contributed by atoms with Crippen LogP contribution in [0.2, 0.25) is 0 Å². The van der Waals surface area contributed by atoms with Crippen molar-refractivity contribution in [2.75, 3.05) is 20.2 Å². The zero-order valence-corrected chi connectivity index (χ0v) is 11.0. The maximum absolute atomic E-state index is 11.8. The molecule has 94 valence electrons. The van der Waals surface area contributed by atoms with Crippen molar-refractivity contribution in [3.8, 4) is 0 Å². The van der Waals surface area contributed by atoms with E-state index in [1.54, 1.807) is 30.2 Å². The topological polar surface area (TPSA) is 46.6 Å². The standard InChI is InChI=1S/C12H17NO3S/c1-3-16-12(15)4-6-13(2)11(14)8-10-5-7-17-9-10/h5,7,9H,3-4,6,8H2,1-2H3. The van der Waals surface area contributed by atoms with Crippen molar-refractivity contribution >= 4 is 23.2 Å². The zero-order valence-electron chi connectivity index (χ0n) is 10.1. The Morgan fingerprint density at radius 2 is 2.24 bits per heavy atom. The molecule has 1 amide bonds. The normalized spacial score (nSPS) is 10.0. The van der Waals surface area contributed by atoms with Gasteiger partial charge in [0.1, 0.15) is 0 Å². The number of carbonyl (C=O) groups is 2. The molecule has 0 aliphatic rings. The molecule has 0 aliphatic carbocycles. The highest BCUT2D eigenvalue weighted by molar-refractivity contribution is 7.07. The molecule has 0 aliphatic heterocycles. The van der Waals surface area contributed by atoms with Crippen molar-refractivity contribution in [3.63, 3.8) is 0 Å². The molecular formula is C12H17NO3S. The van der Waals surface area contributed by atoms with Gasteiger partial charge in [-0.3, -0.25) is 9.59 Å². The second-order valence-corrected chi connectivity index (χ2v) is 4.46. The Balaban J connectivity index is 2.29. The number of likely N-dealkylation sites (N-methyl/N-ethyl adjacent to an activating group) is 1. The Kier molecular flexibility index (Phi) is 5.69. The summed E-state index contributed by atoms with van der Waals surface area (Å²) in [6.07, 6.45) is 0.641. The lowest BCUT2D eigenvalue weighted by atomic mass is 10.2. The minimum Gasteiger partial charge on any atom is -0.466 e. The smallest absolute Gasteiger partial charge is 0.307 e. The number of amides is 1. The lowest BCUT2D eigenvalue weighted by Gasteiger charge is -2.16. The second-order valence-electron chi connectivity index (χ2n) is 3.68. The molecule has 4 nitrogen and oxygen atoms in total. The lowest BCUT2D eigenvalue weighted by Crippen LogP contribution is -2.30. The van der Waals surface area contributed by atoms with E-state index in [2.05, 4.69) is 0 Å². The Hall–Kier alpha value is -1.36. The molecule has 0 bridgehead atoms. The second kappa shape index (κ2) is 7.06. The molecular weight excluding hydrogens is 238 g/mol. The Bertz CT molecular complexity index is 362. The number of hydrogen-bond acceptors (Lipinski definition) is 4. The first-order chi connectivity index (χ1) is 8.13. The van der Waals surface area contributed by atoms with E-state index in [9.17, 15) is 9.59 Å². The van der Waals surface area contributed by atoms with Gasteiger partial charge in [0.2, 0.25) is 5.91 Å². The van der Waals surface area contributed by atoms with Crippen molar-refractivity contribution < 1.29 is 14.3 Å². The Labute approximate surface area is 105 Å². The fourth-order valence-corrected chi connectivity index (χ4v) is 1.99. The van der Waals surface area contributed by atoms with Crippen LogP contribution in [-0.2, 0) is 20.7 Å². The Morgan fingerprint density at radius 1 is 1.47 bits per heavy atom. The summed E-state index contributed by atoms with van der Waals surface area (Å²) in [6.45, 7) is 2.55. The van der Waals surface area contributed by atoms with Crippen LogP contribution >= 0.6 is 11.3 Å². The monoisotopic (exact) mass is 255 g/mol. The van der Waals surface area contributed by atoms with Gasteiger partial charge in [-0.15, -0.1) is 0 Å². The molecule has 0 N–H and O–H groups in total. The molecule has 0 saturated heterocycles. The van der Waals surface area contributed by atoms with E-state index < -0.39 is 0 Å². The van der Waals surface area contributed by atoms with Gasteiger partial charge in [0.05, 0.1) is 19.4 Å². The van der Waals surface area contributed by atoms with Crippen molar-refractivity contribution in [2.24, 2.45) is 0 Å². The van der Waals surface area contributed by atoms with Crippen LogP contribution in [0.25, 0.3) is 0 Å². The van der Waals surface area contributed by atoms with Crippen molar-refractivity contribution in [1.82, 2.24) is 4.90 Å². The first-order valence-electron chi connectivity index (χ1n) is 5.54. The van der Waals surface area contributed by atoms with Gasteiger partial charge in [-0.2, -0.15) is 11.3 Å². The summed E-state index contributed by atoms with van der Waals surface area (Å²) in [5, 5.41) is 3.90. The zero-order chi connectivity index (χ0) is 12.7. The van der Waals surface area contributed by atoms with Crippen LogP contribution in [0, 0.1) is 0 Å². The lowest BCUT2D eigenvalue weighted by molar-refractivity contribution is -0.143. The quantitative estimate of drug-likeness (QED) is 0.727. The Morgan fingerprint density at radius 3 is 2.82 bits per heavy atom. The first-order valence-corrected chi connectivity index (χ1v) is 6.48. The van der Waals surface area contributed by atoms with Gasteiger partial charge >= 0.3 is 5.97 Å². The van der Waals surface area contributed by atoms with E-state index in [0.29, 0.717) is 19.6 Å². The third-order valence-corrected chi connectivity index (χ3v) is 3.05. The van der Waals surface area contributed by atoms with E-state index >= 15 is 0 Å². The predicted molar refractivity (Wildman–Crippen MR) is 66.9 cm³/mol. The van der Waals surface area contributed by atoms with Crippen molar-refractivity contribution in [3.05, 3.63) is 22.4 Å². The van der Waals surface area contributed by atoms with E-state index in [1.807, 2.05) is 16.8 Å². The summed E-state index contributed by atoms with van der Waals surface area (Å²) in [7, 11) is 1.70. The number of thiophene rings is 1. The highest BCUT2D eigenvalue weighted by atomic mass is 32.1. The van der Waals surface area contributed by atoms with Crippen LogP contribution in [-0.4, -0.2) is 37.0 Å². The van der Waals surface area contributed by atoms with Crippen LogP contribution < -0.4 is 0 Å². The maximum Gasteiger partial charge on any atom is 0.307 e. The van der Waals surface area contributed by atoms with E-state index in [4.69, 9.17) is 4.74 Å². The van der Waals surface area contributed by atoms with Gasteiger partial charge in [0, 0.05) is 13.6 Å². The predicted octanol–water partition coefficient (Wildman–Crippen LogP) is 1.70. The largest absolute Gasteiger partial charge is 0.466 e. The van der Waals surface area contributed by atoms with Crippen LogP contribution in [0.1, 0.15) is 18.9 Å². The van der Waals surface area contributed by atoms with Crippen molar-refractivity contribution in [1.29, 1.82) is 0 Å². The van der Waals surface area contributed by atoms with Crippen LogP contribution in [0.3, 0.4) is 0 Å². The molecule has 0 fully saturated rings. The molecule has 1 heterocycles. The average molecular weight is 255 g/mol. The molecule has 1 aromatic heterocycles. The van der Waals surface area contributed by atoms with Crippen molar-refractivity contribution in [2.45, 2.75) is 19.8 Å². The van der Waals surface area contributed by atoms with E-state index in [0.717, 1.165) is 5.56 Å². The molecule has 0 radical (unpaired) electrons. The number of nitrogens with zero attached hydrogens (tertiary/aromatic N) is 1. The summed E-state index contributed by atoms with van der Waals surface area (Å²) < 4.78 is 4.80. The maximum atomic E-state index is 11.8. The van der Waals surface area contributed by atoms with Gasteiger partial charge in [-0.25, -0.2) is 0 Å². The fraction of sp³-hybridized carbons (Fsp3) is 0.500. The van der Waals surface area contributed by atoms with Gasteiger partial charge in [0.25, 0.3) is 0 Å². The summed E-state index contributed by atoms with van der Waals surface area (Å²) in [6, 6.07) is 1.93. The third-order valence-electron chi connectivity index (χ3n) is 2.32. The molecule has 5 heteroatoms. The van der Waals surface area contributed by atoms with Gasteiger partial charge < -0.3 is 9.64 Å². The first kappa shape index (κ1) is 13.7. The van der Waals surface area contributed by atoms with E-state index in [1.165, 1.54) is 0 Å². The van der Waals surface area contributed by atoms with E-state index in [-0.39, 0.29) is 18.3 Å². The SMILES string of the molecule is CCOC(=O)CCN(C)C(=O)Cc1ccsc1. The highest BCUT2D eigenvalue weighted by Gasteiger charge is 2.11. The molecule has 0 atom stereocenters. The number of esters is 1. The molecule has 17 heavy (non-hydrogen) atoms. The minimum absolute atomic E-state index is 0.0210. The molecule has 0 saturated carbocycles. The van der Waals surface area contributed by atoms with Crippen LogP contribution in [0.4, 0.5) is 0 Å². The molecule has 0 aromatic carbocycles. The third kappa shape index (κ3) is 4.99. The average Bonchev–Trinajstić information content (AvgIpc) is 2.79. The van der Waals surface area contributed by atoms with Crippen LogP contribution in [0.5, 0.6) is 0 Å². The highest BCUT2D eigenvalue weighted by Crippen LogP contribution is 2.08. The molecule has 1 aromatic rings. The molecule has 0 unspecified atom stereocenters. The fourth-order valence-electron chi connectivity index (χ4n) is 1.32. The number of carbonyl (C=O) groups excluding carboxylic acids is 2. The summed E-state index contributed by atoms with van der Waals surface area (Å²) in [5.74, 6) is -0.240. The van der Waals surface area contributed by atoms with Gasteiger partial charge in [-0.05, 0) is 29.3 Å². The molecule has 0 spiro atoms. The summed E-state index contributed by atoms with van der Waals surface area (Å²) in [4.78, 5) is 24.5. The minimum atomic E-state index is -0.261. The van der Waals surface area contributed by atoms with Crippen LogP contribution in [0.15, 0.2) is 16.8 Å². The van der Waals surface area contributed by atoms with Gasteiger partial charge in [-0.1, -0.05) is 0 Å².